The zero-order chi connectivity index (χ0) is 36.7. The molecule has 0 bridgehead atoms. The SMILES string of the molecule is CNC(=O)c1cc(-c2ccccc2)n(CC(=O)NC(C(C)C)C(O[Si](C)(C)C(C)(C)C)C(F)(F)F)c(=O)c1NC(=O)OCc1ccccc1. The highest BCUT2D eigenvalue weighted by Gasteiger charge is 2.52. The van der Waals surface area contributed by atoms with Crippen molar-refractivity contribution in [2.75, 3.05) is 12.4 Å². The van der Waals surface area contributed by atoms with Crippen molar-refractivity contribution in [2.24, 2.45) is 5.92 Å². The van der Waals surface area contributed by atoms with Crippen molar-refractivity contribution in [1.82, 2.24) is 15.2 Å². The van der Waals surface area contributed by atoms with Gasteiger partial charge in [0.2, 0.25) is 5.91 Å². The summed E-state index contributed by atoms with van der Waals surface area (Å²) in [5.74, 6) is -2.32. The third-order valence-electron chi connectivity index (χ3n) is 8.51. The van der Waals surface area contributed by atoms with E-state index in [1.54, 1.807) is 87.6 Å². The van der Waals surface area contributed by atoms with Crippen LogP contribution in [-0.4, -0.2) is 56.2 Å². The summed E-state index contributed by atoms with van der Waals surface area (Å²) in [4.78, 5) is 53.6. The molecule has 1 heterocycles. The molecule has 0 aliphatic carbocycles. The predicted molar refractivity (Wildman–Crippen MR) is 185 cm³/mol. The number of carbonyl (C=O) groups excluding carboxylic acids is 3. The molecule has 3 N–H and O–H groups in total. The third-order valence-corrected chi connectivity index (χ3v) is 13.0. The summed E-state index contributed by atoms with van der Waals surface area (Å²) in [5, 5.41) is 6.72. The number of halogens is 3. The van der Waals surface area contributed by atoms with Crippen molar-refractivity contribution in [3.63, 3.8) is 0 Å². The van der Waals surface area contributed by atoms with Gasteiger partial charge in [0.05, 0.1) is 17.3 Å². The lowest BCUT2D eigenvalue weighted by Gasteiger charge is -2.42. The van der Waals surface area contributed by atoms with E-state index >= 15 is 0 Å². The first-order chi connectivity index (χ1) is 22.8. The number of hydrogen-bond donors (Lipinski definition) is 3. The van der Waals surface area contributed by atoms with Crippen LogP contribution < -0.4 is 21.5 Å². The number of amides is 3. The lowest BCUT2D eigenvalue weighted by atomic mass is 9.98. The van der Waals surface area contributed by atoms with E-state index in [1.165, 1.54) is 13.1 Å². The van der Waals surface area contributed by atoms with Crippen LogP contribution in [0.2, 0.25) is 18.1 Å². The Morgan fingerprint density at radius 2 is 1.51 bits per heavy atom. The summed E-state index contributed by atoms with van der Waals surface area (Å²) in [6.07, 6.45) is -8.16. The summed E-state index contributed by atoms with van der Waals surface area (Å²) in [7, 11) is -1.62. The lowest BCUT2D eigenvalue weighted by molar-refractivity contribution is -0.210. The Morgan fingerprint density at radius 1 is 0.939 bits per heavy atom. The zero-order valence-corrected chi connectivity index (χ0v) is 30.0. The number of ether oxygens (including phenoxy) is 1. The summed E-state index contributed by atoms with van der Waals surface area (Å²) in [6, 6.07) is 17.0. The van der Waals surface area contributed by atoms with Crippen molar-refractivity contribution in [2.45, 2.75) is 84.2 Å². The third kappa shape index (κ3) is 10.0. The van der Waals surface area contributed by atoms with Crippen LogP contribution in [0, 0.1) is 5.92 Å². The summed E-state index contributed by atoms with van der Waals surface area (Å²) in [6.45, 7) is 11.1. The molecule has 2 unspecified atom stereocenters. The smallest absolute Gasteiger partial charge is 0.415 e. The molecule has 266 valence electrons. The van der Waals surface area contributed by atoms with Gasteiger partial charge in [0.1, 0.15) is 18.8 Å². The molecule has 0 spiro atoms. The van der Waals surface area contributed by atoms with Crippen LogP contribution in [0.15, 0.2) is 71.5 Å². The first-order valence-electron chi connectivity index (χ1n) is 15.8. The normalized spacial score (nSPS) is 13.4. The largest absolute Gasteiger partial charge is 0.444 e. The fraction of sp³-hybridized carbons (Fsp3) is 0.429. The van der Waals surface area contributed by atoms with Gasteiger partial charge in [0, 0.05) is 7.05 Å². The molecule has 10 nitrogen and oxygen atoms in total. The van der Waals surface area contributed by atoms with E-state index in [2.05, 4.69) is 16.0 Å². The fourth-order valence-electron chi connectivity index (χ4n) is 4.75. The molecule has 14 heteroatoms. The van der Waals surface area contributed by atoms with Crippen molar-refractivity contribution >= 4 is 31.9 Å². The first kappa shape index (κ1) is 39.0. The van der Waals surface area contributed by atoms with Gasteiger partial charge in [-0.05, 0) is 41.2 Å². The van der Waals surface area contributed by atoms with Gasteiger partial charge in [-0.15, -0.1) is 0 Å². The van der Waals surface area contributed by atoms with E-state index < -0.39 is 73.3 Å². The number of carbonyl (C=O) groups is 3. The second kappa shape index (κ2) is 15.9. The van der Waals surface area contributed by atoms with Gasteiger partial charge in [0.15, 0.2) is 14.4 Å². The molecule has 0 saturated heterocycles. The van der Waals surface area contributed by atoms with Crippen LogP contribution in [-0.2, 0) is 27.1 Å². The Hall–Kier alpha value is -4.43. The molecule has 0 saturated carbocycles. The van der Waals surface area contributed by atoms with Crippen LogP contribution in [0.25, 0.3) is 11.3 Å². The minimum absolute atomic E-state index is 0.119. The average molecular weight is 703 g/mol. The minimum atomic E-state index is -4.81. The monoisotopic (exact) mass is 702 g/mol. The molecular weight excluding hydrogens is 657 g/mol. The topological polar surface area (TPSA) is 128 Å². The van der Waals surface area contributed by atoms with Gasteiger partial charge >= 0.3 is 12.3 Å². The molecule has 1 aromatic heterocycles. The van der Waals surface area contributed by atoms with Crippen molar-refractivity contribution < 1.29 is 36.7 Å². The van der Waals surface area contributed by atoms with Gasteiger partial charge in [-0.25, -0.2) is 4.79 Å². The van der Waals surface area contributed by atoms with E-state index in [1.807, 2.05) is 20.8 Å². The van der Waals surface area contributed by atoms with E-state index in [4.69, 9.17) is 9.16 Å². The molecule has 0 fully saturated rings. The number of nitrogens with zero attached hydrogens (tertiary/aromatic N) is 1. The molecule has 3 rings (SSSR count). The number of benzene rings is 2. The molecular formula is C35H45F3N4O6Si. The molecule has 2 aromatic carbocycles. The van der Waals surface area contributed by atoms with Crippen molar-refractivity contribution in [3.05, 3.63) is 88.2 Å². The molecule has 3 amide bonds. The van der Waals surface area contributed by atoms with Gasteiger partial charge in [-0.2, -0.15) is 13.2 Å². The average Bonchev–Trinajstić information content (AvgIpc) is 3.03. The summed E-state index contributed by atoms with van der Waals surface area (Å²) < 4.78 is 55.8. The number of aromatic nitrogens is 1. The Balaban J connectivity index is 2.07. The zero-order valence-electron chi connectivity index (χ0n) is 29.0. The van der Waals surface area contributed by atoms with Gasteiger partial charge < -0.3 is 19.8 Å². The maximum atomic E-state index is 14.6. The number of rotatable bonds is 12. The molecule has 0 aliphatic rings. The minimum Gasteiger partial charge on any atom is -0.444 e. The maximum absolute atomic E-state index is 14.6. The number of nitrogens with one attached hydrogen (secondary N) is 3. The van der Waals surface area contributed by atoms with Crippen molar-refractivity contribution in [3.8, 4) is 11.3 Å². The summed E-state index contributed by atoms with van der Waals surface area (Å²) in [5.41, 5.74) is -0.400. The van der Waals surface area contributed by atoms with E-state index in [-0.39, 0.29) is 17.9 Å². The van der Waals surface area contributed by atoms with Crippen LogP contribution in [0.4, 0.5) is 23.7 Å². The number of alkyl halides is 3. The maximum Gasteiger partial charge on any atom is 0.415 e. The predicted octanol–water partition coefficient (Wildman–Crippen LogP) is 6.72. The van der Waals surface area contributed by atoms with Gasteiger partial charge in [0.25, 0.3) is 11.5 Å². The van der Waals surface area contributed by atoms with Gasteiger partial charge in [-0.1, -0.05) is 95.3 Å². The lowest BCUT2D eigenvalue weighted by Crippen LogP contribution is -2.59. The Morgan fingerprint density at radius 3 is 2.02 bits per heavy atom. The number of pyridine rings is 1. The highest BCUT2D eigenvalue weighted by atomic mass is 28.4. The van der Waals surface area contributed by atoms with E-state index in [9.17, 15) is 32.3 Å². The summed E-state index contributed by atoms with van der Waals surface area (Å²) >= 11 is 0. The van der Waals surface area contributed by atoms with Crippen molar-refractivity contribution in [1.29, 1.82) is 0 Å². The van der Waals surface area contributed by atoms with Crippen LogP contribution in [0.1, 0.15) is 50.5 Å². The Bertz CT molecular complexity index is 1670. The molecule has 49 heavy (non-hydrogen) atoms. The molecule has 0 aliphatic heterocycles. The number of hydrogen-bond acceptors (Lipinski definition) is 6. The van der Waals surface area contributed by atoms with Crippen LogP contribution >= 0.6 is 0 Å². The van der Waals surface area contributed by atoms with Gasteiger partial charge in [-0.3, -0.25) is 24.3 Å². The van der Waals surface area contributed by atoms with E-state index in [0.717, 1.165) is 4.57 Å². The highest BCUT2D eigenvalue weighted by Crippen LogP contribution is 2.41. The molecule has 2 atom stereocenters. The van der Waals surface area contributed by atoms with E-state index in [0.29, 0.717) is 11.1 Å². The molecule has 0 radical (unpaired) electrons. The highest BCUT2D eigenvalue weighted by molar-refractivity contribution is 6.74. The quantitative estimate of drug-likeness (QED) is 0.180. The Labute approximate surface area is 285 Å². The fourth-order valence-corrected chi connectivity index (χ4v) is 6.02. The molecule has 3 aromatic rings. The Kier molecular flexibility index (Phi) is 12.6. The second-order valence-electron chi connectivity index (χ2n) is 13.5. The standard InChI is InChI=1S/C35H45F3N4O6Si/c1-22(2)28(30(35(36,37)38)48-49(7,8)34(3,4)5)40-27(43)20-42-26(24-17-13-10-14-18-24)19-25(31(44)39-6)29(32(42)45)41-33(46)47-21-23-15-11-9-12-16-23/h9-19,22,28,30H,20-21H2,1-8H3,(H,39,44)(H,40,43)(H,41,46). The van der Waals surface area contributed by atoms with Crippen LogP contribution in [0.3, 0.4) is 0 Å². The number of anilines is 1. The first-order valence-corrected chi connectivity index (χ1v) is 18.7. The second-order valence-corrected chi connectivity index (χ2v) is 18.3. The van der Waals surface area contributed by atoms with Crippen LogP contribution in [0.5, 0.6) is 0 Å².